The smallest absolute Gasteiger partial charge is 0.234 e. The number of anilines is 1. The number of thioether (sulfide) groups is 1. The number of fused-ring (bicyclic) bond motifs is 1. The first-order chi connectivity index (χ1) is 16.8. The van der Waals surface area contributed by atoms with Crippen molar-refractivity contribution in [3.63, 3.8) is 0 Å². The molecule has 4 rings (SSSR count). The first-order valence-corrected chi connectivity index (χ1v) is 12.8. The van der Waals surface area contributed by atoms with E-state index in [0.717, 1.165) is 18.1 Å². The molecule has 1 atom stereocenters. The molecule has 0 spiro atoms. The van der Waals surface area contributed by atoms with Crippen molar-refractivity contribution in [2.45, 2.75) is 58.3 Å². The van der Waals surface area contributed by atoms with Gasteiger partial charge >= 0.3 is 0 Å². The number of rotatable bonds is 10. The third-order valence-corrected chi connectivity index (χ3v) is 6.47. The molecule has 8 nitrogen and oxygen atoms in total. The van der Waals surface area contributed by atoms with Crippen molar-refractivity contribution >= 4 is 23.4 Å². The predicted molar refractivity (Wildman–Crippen MR) is 136 cm³/mol. The van der Waals surface area contributed by atoms with Crippen LogP contribution >= 0.6 is 11.8 Å². The van der Waals surface area contributed by atoms with E-state index in [1.54, 1.807) is 18.2 Å². The number of aromatic nitrogens is 3. The van der Waals surface area contributed by atoms with Crippen LogP contribution in [-0.2, 0) is 11.3 Å². The Morgan fingerprint density at radius 3 is 2.51 bits per heavy atom. The Labute approximate surface area is 210 Å². The average Bonchev–Trinajstić information content (AvgIpc) is 3.44. The van der Waals surface area contributed by atoms with Crippen LogP contribution in [-0.4, -0.2) is 33.2 Å². The number of ether oxygens (including phenoxy) is 3. The zero-order valence-electron chi connectivity index (χ0n) is 20.8. The molecular formula is C26H32N4O4S. The molecule has 0 bridgehead atoms. The van der Waals surface area contributed by atoms with Gasteiger partial charge in [0.25, 0.3) is 0 Å². The van der Waals surface area contributed by atoms with Crippen LogP contribution in [0.2, 0.25) is 0 Å². The SMILES string of the molecule is CC(C)Cn1c(SCC(=O)Nc2ccc3c(c2)OCO3)nnc1C(C)Oc1ccc(C(C)C)cc1. The minimum atomic E-state index is -0.289. The van der Waals surface area contributed by atoms with E-state index in [2.05, 4.69) is 59.9 Å². The Hall–Kier alpha value is -3.20. The van der Waals surface area contributed by atoms with E-state index in [1.165, 1.54) is 17.3 Å². The van der Waals surface area contributed by atoms with Gasteiger partial charge in [-0.2, -0.15) is 0 Å². The molecule has 0 radical (unpaired) electrons. The number of nitrogens with zero attached hydrogens (tertiary/aromatic N) is 3. The molecule has 1 aliphatic rings. The minimum absolute atomic E-state index is 0.135. The summed E-state index contributed by atoms with van der Waals surface area (Å²) in [5.74, 6) is 3.76. The topological polar surface area (TPSA) is 87.5 Å². The summed E-state index contributed by atoms with van der Waals surface area (Å²) in [4.78, 5) is 12.6. The van der Waals surface area contributed by atoms with Gasteiger partial charge in [0, 0.05) is 18.3 Å². The summed E-state index contributed by atoms with van der Waals surface area (Å²) in [7, 11) is 0. The van der Waals surface area contributed by atoms with Gasteiger partial charge in [-0.1, -0.05) is 51.6 Å². The molecule has 3 aromatic rings. The molecule has 9 heteroatoms. The van der Waals surface area contributed by atoms with E-state index >= 15 is 0 Å². The first kappa shape index (κ1) is 24.9. The predicted octanol–water partition coefficient (Wildman–Crippen LogP) is 5.66. The van der Waals surface area contributed by atoms with Gasteiger partial charge in [0.05, 0.1) is 5.75 Å². The Balaban J connectivity index is 1.41. The molecular weight excluding hydrogens is 464 g/mol. The maximum atomic E-state index is 12.6. The van der Waals surface area contributed by atoms with Crippen molar-refractivity contribution in [3.8, 4) is 17.2 Å². The molecule has 35 heavy (non-hydrogen) atoms. The summed E-state index contributed by atoms with van der Waals surface area (Å²) >= 11 is 1.36. The largest absolute Gasteiger partial charge is 0.483 e. The fourth-order valence-electron chi connectivity index (χ4n) is 3.73. The highest BCUT2D eigenvalue weighted by Crippen LogP contribution is 2.34. The standard InChI is InChI=1S/C26H32N4O4S/c1-16(2)13-30-25(18(5)34-21-9-6-19(7-10-21)17(3)4)28-29-26(30)35-14-24(31)27-20-8-11-22-23(12-20)33-15-32-22/h6-12,16-18H,13-15H2,1-5H3,(H,27,31). The summed E-state index contributed by atoms with van der Waals surface area (Å²) < 4.78 is 18.9. The molecule has 0 saturated heterocycles. The van der Waals surface area contributed by atoms with Crippen LogP contribution in [0.1, 0.15) is 58.0 Å². The number of benzene rings is 2. The Morgan fingerprint density at radius 1 is 1.06 bits per heavy atom. The minimum Gasteiger partial charge on any atom is -0.483 e. The third-order valence-electron chi connectivity index (χ3n) is 5.51. The first-order valence-electron chi connectivity index (χ1n) is 11.8. The van der Waals surface area contributed by atoms with Crippen molar-refractivity contribution in [2.24, 2.45) is 5.92 Å². The molecule has 2 aromatic carbocycles. The number of carbonyl (C=O) groups excluding carboxylic acids is 1. The van der Waals surface area contributed by atoms with Gasteiger partial charge in [0.2, 0.25) is 12.7 Å². The molecule has 1 amide bonds. The van der Waals surface area contributed by atoms with E-state index in [-0.39, 0.29) is 24.6 Å². The second-order valence-electron chi connectivity index (χ2n) is 9.23. The lowest BCUT2D eigenvalue weighted by Crippen LogP contribution is -2.17. The van der Waals surface area contributed by atoms with Gasteiger partial charge in [-0.05, 0) is 48.6 Å². The second kappa shape index (κ2) is 11.0. The molecule has 1 aliphatic heterocycles. The van der Waals surface area contributed by atoms with Crippen LogP contribution in [0.3, 0.4) is 0 Å². The fourth-order valence-corrected chi connectivity index (χ4v) is 4.49. The van der Waals surface area contributed by atoms with Crippen LogP contribution in [0.15, 0.2) is 47.6 Å². The number of nitrogens with one attached hydrogen (secondary N) is 1. The summed E-state index contributed by atoms with van der Waals surface area (Å²) in [6.07, 6.45) is -0.289. The Morgan fingerprint density at radius 2 is 1.80 bits per heavy atom. The van der Waals surface area contributed by atoms with Gasteiger partial charge in [-0.15, -0.1) is 10.2 Å². The van der Waals surface area contributed by atoms with Gasteiger partial charge in [0.15, 0.2) is 28.6 Å². The van der Waals surface area contributed by atoms with Crippen LogP contribution < -0.4 is 19.5 Å². The van der Waals surface area contributed by atoms with Crippen molar-refractivity contribution in [1.82, 2.24) is 14.8 Å². The van der Waals surface area contributed by atoms with E-state index in [0.29, 0.717) is 34.2 Å². The van der Waals surface area contributed by atoms with E-state index in [4.69, 9.17) is 14.2 Å². The molecule has 0 saturated carbocycles. The molecule has 186 valence electrons. The van der Waals surface area contributed by atoms with Crippen molar-refractivity contribution < 1.29 is 19.0 Å². The van der Waals surface area contributed by atoms with Crippen LogP contribution in [0.5, 0.6) is 17.2 Å². The van der Waals surface area contributed by atoms with E-state index in [9.17, 15) is 4.79 Å². The van der Waals surface area contributed by atoms with E-state index < -0.39 is 0 Å². The van der Waals surface area contributed by atoms with Crippen molar-refractivity contribution in [3.05, 3.63) is 53.9 Å². The lowest BCUT2D eigenvalue weighted by Gasteiger charge is -2.18. The van der Waals surface area contributed by atoms with Gasteiger partial charge in [-0.25, -0.2) is 0 Å². The molecule has 1 aromatic heterocycles. The summed E-state index contributed by atoms with van der Waals surface area (Å²) in [6, 6.07) is 13.5. The van der Waals surface area contributed by atoms with Crippen LogP contribution in [0, 0.1) is 5.92 Å². The summed E-state index contributed by atoms with van der Waals surface area (Å²) in [5.41, 5.74) is 1.93. The Kier molecular flexibility index (Phi) is 7.85. The number of hydrogen-bond donors (Lipinski definition) is 1. The van der Waals surface area contributed by atoms with Crippen molar-refractivity contribution in [2.75, 3.05) is 17.9 Å². The second-order valence-corrected chi connectivity index (χ2v) is 10.2. The number of hydrogen-bond acceptors (Lipinski definition) is 7. The lowest BCUT2D eigenvalue weighted by molar-refractivity contribution is -0.113. The highest BCUT2D eigenvalue weighted by Gasteiger charge is 2.21. The molecule has 1 N–H and O–H groups in total. The lowest BCUT2D eigenvalue weighted by atomic mass is 10.0. The van der Waals surface area contributed by atoms with Crippen molar-refractivity contribution in [1.29, 1.82) is 0 Å². The maximum absolute atomic E-state index is 12.6. The maximum Gasteiger partial charge on any atom is 0.234 e. The van der Waals surface area contributed by atoms with Gasteiger partial charge < -0.3 is 24.1 Å². The molecule has 0 aliphatic carbocycles. The average molecular weight is 497 g/mol. The summed E-state index contributed by atoms with van der Waals surface area (Å²) in [5, 5.41) is 12.4. The Bertz CT molecular complexity index is 1160. The molecule has 1 unspecified atom stereocenters. The van der Waals surface area contributed by atoms with Gasteiger partial charge in [-0.3, -0.25) is 4.79 Å². The number of carbonyl (C=O) groups is 1. The fraction of sp³-hybridized carbons (Fsp3) is 0.423. The third kappa shape index (κ3) is 6.28. The molecule has 2 heterocycles. The summed E-state index contributed by atoms with van der Waals surface area (Å²) in [6.45, 7) is 11.5. The van der Waals surface area contributed by atoms with Gasteiger partial charge in [0.1, 0.15) is 5.75 Å². The highest BCUT2D eigenvalue weighted by molar-refractivity contribution is 7.99. The van der Waals surface area contributed by atoms with Crippen LogP contribution in [0.4, 0.5) is 5.69 Å². The number of amides is 1. The normalized spacial score (nSPS) is 13.3. The monoisotopic (exact) mass is 496 g/mol. The highest BCUT2D eigenvalue weighted by atomic mass is 32.2. The zero-order chi connectivity index (χ0) is 24.9. The van der Waals surface area contributed by atoms with E-state index in [1.807, 2.05) is 19.1 Å². The quantitative estimate of drug-likeness (QED) is 0.363. The zero-order valence-corrected chi connectivity index (χ0v) is 21.6. The van der Waals surface area contributed by atoms with Crippen LogP contribution in [0.25, 0.3) is 0 Å². The molecule has 0 fully saturated rings.